The molecule has 0 amide bonds. The van der Waals surface area contributed by atoms with Gasteiger partial charge in [0.1, 0.15) is 5.75 Å². The number of ether oxygens (including phenoxy) is 1. The summed E-state index contributed by atoms with van der Waals surface area (Å²) in [5, 5.41) is 0. The molecule has 0 aliphatic rings. The summed E-state index contributed by atoms with van der Waals surface area (Å²) in [5.74, 6) is 1.17. The fourth-order valence-corrected chi connectivity index (χ4v) is 4.07. The summed E-state index contributed by atoms with van der Waals surface area (Å²) in [4.78, 5) is 20.4. The van der Waals surface area contributed by atoms with E-state index in [9.17, 15) is 4.79 Å². The van der Waals surface area contributed by atoms with Crippen LogP contribution in [-0.2, 0) is 24.1 Å². The van der Waals surface area contributed by atoms with Crippen LogP contribution in [-0.4, -0.2) is 37.9 Å². The molecular weight excluding hydrogens is 476 g/mol. The lowest BCUT2D eigenvalue weighted by molar-refractivity contribution is -0.114. The van der Waals surface area contributed by atoms with Crippen molar-refractivity contribution in [3.05, 3.63) is 76.4 Å². The lowest BCUT2D eigenvalue weighted by Gasteiger charge is -2.09. The molecule has 0 saturated carbocycles. The molecule has 204 valence electrons. The van der Waals surface area contributed by atoms with Crippen molar-refractivity contribution in [3.63, 3.8) is 0 Å². The second-order valence-electron chi connectivity index (χ2n) is 9.01. The summed E-state index contributed by atoms with van der Waals surface area (Å²) < 4.78 is 5.54. The number of benzene rings is 2. The van der Waals surface area contributed by atoms with Gasteiger partial charge in [-0.1, -0.05) is 55.5 Å². The quantitative estimate of drug-likeness (QED) is 0.115. The Morgan fingerprint density at radius 3 is 2.05 bits per heavy atom. The van der Waals surface area contributed by atoms with Crippen LogP contribution in [0.2, 0.25) is 0 Å². The van der Waals surface area contributed by atoms with Crippen LogP contribution < -0.4 is 27.7 Å². The highest BCUT2D eigenvalue weighted by Crippen LogP contribution is 2.23. The standard InChI is InChI=1S/C30H42N6O2/c1-3-24-20-23(12-15-25(24)9-6-18-35-29(31)32)14-17-27(37)11-5-4-8-22-13-16-26(28(21-22)38-2)10-7-19-36-30(33)34/h4,8,12-17,20-21H,3,5-7,9-11,18-19H2,1-2H3,(H4,31,32,35)(H4,33,34,36)/b8-4+,17-14+. The average molecular weight is 519 g/mol. The second-order valence-corrected chi connectivity index (χ2v) is 9.01. The highest BCUT2D eigenvalue weighted by Gasteiger charge is 2.05. The molecule has 0 aliphatic carbocycles. The molecule has 0 spiro atoms. The van der Waals surface area contributed by atoms with Crippen LogP contribution in [0.4, 0.5) is 0 Å². The number of hydrogen-bond acceptors (Lipinski definition) is 4. The molecule has 8 N–H and O–H groups in total. The summed E-state index contributed by atoms with van der Waals surface area (Å²) in [6.07, 6.45) is 13.1. The first kappa shape index (κ1) is 30.2. The number of nitrogens with two attached hydrogens (primary N) is 4. The molecule has 0 atom stereocenters. The molecule has 2 aromatic carbocycles. The van der Waals surface area contributed by atoms with Gasteiger partial charge in [-0.3, -0.25) is 14.8 Å². The molecule has 8 nitrogen and oxygen atoms in total. The fourth-order valence-electron chi connectivity index (χ4n) is 4.07. The zero-order valence-corrected chi connectivity index (χ0v) is 22.7. The Hall–Kier alpha value is -4.07. The van der Waals surface area contributed by atoms with E-state index in [4.69, 9.17) is 27.7 Å². The van der Waals surface area contributed by atoms with Gasteiger partial charge in [-0.05, 0) is 78.5 Å². The van der Waals surface area contributed by atoms with E-state index in [1.807, 2.05) is 30.4 Å². The summed E-state index contributed by atoms with van der Waals surface area (Å²) in [6, 6.07) is 12.4. The molecule has 0 heterocycles. The van der Waals surface area contributed by atoms with Gasteiger partial charge in [0.2, 0.25) is 0 Å². The molecule has 0 unspecified atom stereocenters. The van der Waals surface area contributed by atoms with Crippen molar-refractivity contribution in [1.29, 1.82) is 0 Å². The minimum absolute atomic E-state index is 0.0997. The summed E-state index contributed by atoms with van der Waals surface area (Å²) in [6.45, 7) is 3.34. The maximum atomic E-state index is 12.4. The second kappa shape index (κ2) is 16.6. The average Bonchev–Trinajstić information content (AvgIpc) is 2.90. The maximum Gasteiger partial charge on any atom is 0.185 e. The Bertz CT molecular complexity index is 1160. The van der Waals surface area contributed by atoms with Crippen molar-refractivity contribution >= 4 is 29.9 Å². The van der Waals surface area contributed by atoms with Crippen molar-refractivity contribution in [2.45, 2.75) is 51.9 Å². The Kier molecular flexibility index (Phi) is 13.2. The number of guanidine groups is 2. The topological polar surface area (TPSA) is 155 Å². The van der Waals surface area contributed by atoms with Crippen molar-refractivity contribution in [2.75, 3.05) is 20.2 Å². The van der Waals surface area contributed by atoms with Gasteiger partial charge in [0, 0.05) is 19.5 Å². The smallest absolute Gasteiger partial charge is 0.185 e. The molecule has 38 heavy (non-hydrogen) atoms. The van der Waals surface area contributed by atoms with Crippen LogP contribution in [0, 0.1) is 0 Å². The number of nitrogens with zero attached hydrogens (tertiary/aromatic N) is 2. The lowest BCUT2D eigenvalue weighted by atomic mass is 9.98. The van der Waals surface area contributed by atoms with Gasteiger partial charge in [0.15, 0.2) is 17.7 Å². The molecule has 0 bridgehead atoms. The monoisotopic (exact) mass is 518 g/mol. The van der Waals surface area contributed by atoms with Crippen LogP contribution >= 0.6 is 0 Å². The van der Waals surface area contributed by atoms with Crippen molar-refractivity contribution < 1.29 is 9.53 Å². The Morgan fingerprint density at radius 2 is 1.45 bits per heavy atom. The van der Waals surface area contributed by atoms with E-state index in [1.165, 1.54) is 11.1 Å². The van der Waals surface area contributed by atoms with Crippen molar-refractivity contribution in [3.8, 4) is 5.75 Å². The molecule has 8 heteroatoms. The number of ketones is 1. The summed E-state index contributed by atoms with van der Waals surface area (Å²) in [5.41, 5.74) is 27.3. The van der Waals surface area contributed by atoms with Gasteiger partial charge in [-0.2, -0.15) is 0 Å². The molecule has 0 saturated heterocycles. The van der Waals surface area contributed by atoms with Gasteiger partial charge in [0.25, 0.3) is 0 Å². The van der Waals surface area contributed by atoms with Crippen LogP contribution in [0.15, 0.2) is 58.5 Å². The first-order valence-electron chi connectivity index (χ1n) is 13.1. The number of aryl methyl sites for hydroxylation is 3. The van der Waals surface area contributed by atoms with Gasteiger partial charge in [0.05, 0.1) is 7.11 Å². The molecular formula is C30H42N6O2. The molecule has 0 aromatic heterocycles. The Balaban J connectivity index is 1.85. The predicted molar refractivity (Wildman–Crippen MR) is 159 cm³/mol. The zero-order valence-electron chi connectivity index (χ0n) is 22.7. The van der Waals surface area contributed by atoms with E-state index in [0.717, 1.165) is 54.5 Å². The largest absolute Gasteiger partial charge is 0.496 e. The van der Waals surface area contributed by atoms with Gasteiger partial charge in [-0.15, -0.1) is 0 Å². The van der Waals surface area contributed by atoms with E-state index < -0.39 is 0 Å². The van der Waals surface area contributed by atoms with E-state index in [0.29, 0.717) is 25.9 Å². The SMILES string of the molecule is CCc1cc(/C=C/C(=O)CC/C=C/c2ccc(CCCN=C(N)N)c(OC)c2)ccc1CCCN=C(N)N. The highest BCUT2D eigenvalue weighted by molar-refractivity contribution is 5.93. The van der Waals surface area contributed by atoms with Crippen molar-refractivity contribution in [2.24, 2.45) is 32.9 Å². The maximum absolute atomic E-state index is 12.4. The third kappa shape index (κ3) is 11.3. The van der Waals surface area contributed by atoms with E-state index in [2.05, 4.69) is 41.2 Å². The van der Waals surface area contributed by atoms with Crippen LogP contribution in [0.5, 0.6) is 5.75 Å². The number of allylic oxidation sites excluding steroid dienone is 2. The minimum atomic E-state index is 0.0997. The molecule has 0 aliphatic heterocycles. The normalized spacial score (nSPS) is 11.1. The molecule has 0 radical (unpaired) electrons. The fraction of sp³-hybridized carbons (Fsp3) is 0.367. The van der Waals surface area contributed by atoms with Crippen molar-refractivity contribution in [1.82, 2.24) is 0 Å². The zero-order chi connectivity index (χ0) is 27.8. The predicted octanol–water partition coefficient (Wildman–Crippen LogP) is 3.75. The van der Waals surface area contributed by atoms with Gasteiger partial charge >= 0.3 is 0 Å². The number of rotatable bonds is 16. The summed E-state index contributed by atoms with van der Waals surface area (Å²) >= 11 is 0. The molecule has 2 aromatic rings. The Labute approximate surface area is 226 Å². The number of carbonyl (C=O) groups excluding carboxylic acids is 1. The third-order valence-corrected chi connectivity index (χ3v) is 6.05. The van der Waals surface area contributed by atoms with Crippen LogP contribution in [0.25, 0.3) is 12.2 Å². The van der Waals surface area contributed by atoms with Gasteiger partial charge in [-0.25, -0.2) is 0 Å². The molecule has 0 fully saturated rings. The van der Waals surface area contributed by atoms with E-state index >= 15 is 0 Å². The first-order chi connectivity index (χ1) is 18.3. The molecule has 2 rings (SSSR count). The van der Waals surface area contributed by atoms with Gasteiger partial charge < -0.3 is 27.7 Å². The minimum Gasteiger partial charge on any atom is -0.496 e. The highest BCUT2D eigenvalue weighted by atomic mass is 16.5. The number of hydrogen-bond donors (Lipinski definition) is 4. The summed E-state index contributed by atoms with van der Waals surface area (Å²) in [7, 11) is 1.67. The Morgan fingerprint density at radius 1 is 0.842 bits per heavy atom. The van der Waals surface area contributed by atoms with Crippen LogP contribution in [0.1, 0.15) is 60.4 Å². The van der Waals surface area contributed by atoms with E-state index in [1.54, 1.807) is 13.2 Å². The number of aliphatic imine (C=N–C) groups is 2. The number of carbonyl (C=O) groups is 1. The third-order valence-electron chi connectivity index (χ3n) is 6.05. The lowest BCUT2D eigenvalue weighted by Crippen LogP contribution is -2.23. The van der Waals surface area contributed by atoms with Crippen LogP contribution in [0.3, 0.4) is 0 Å². The van der Waals surface area contributed by atoms with E-state index in [-0.39, 0.29) is 17.7 Å². The number of methoxy groups -OCH3 is 1. The first-order valence-corrected chi connectivity index (χ1v) is 13.1.